The number of hydrogen-bond acceptors (Lipinski definition) is 4. The SMILES string of the molecule is CC(=O)N/C(=C/c1ccccc1)C(=O)NNC(=O)c1oc2ccccc2c1C. The number of carbonyl (C=O) groups excluding carboxylic acids is 3. The fraction of sp³-hybridized carbons (Fsp3) is 0.0952. The minimum Gasteiger partial charge on any atom is -0.451 e. The van der Waals surface area contributed by atoms with E-state index in [0.717, 1.165) is 10.9 Å². The van der Waals surface area contributed by atoms with Gasteiger partial charge in [-0.2, -0.15) is 0 Å². The van der Waals surface area contributed by atoms with Gasteiger partial charge in [0.15, 0.2) is 5.76 Å². The van der Waals surface area contributed by atoms with E-state index in [-0.39, 0.29) is 11.5 Å². The van der Waals surface area contributed by atoms with Crippen molar-refractivity contribution in [2.45, 2.75) is 13.8 Å². The fourth-order valence-electron chi connectivity index (χ4n) is 2.69. The molecule has 0 aliphatic rings. The molecule has 3 aromatic rings. The second kappa shape index (κ2) is 8.22. The molecule has 0 radical (unpaired) electrons. The highest BCUT2D eigenvalue weighted by molar-refractivity contribution is 6.03. The molecule has 3 N–H and O–H groups in total. The zero-order chi connectivity index (χ0) is 20.1. The zero-order valence-electron chi connectivity index (χ0n) is 15.4. The van der Waals surface area contributed by atoms with Crippen LogP contribution in [0.15, 0.2) is 64.7 Å². The van der Waals surface area contributed by atoms with E-state index in [0.29, 0.717) is 11.1 Å². The smallest absolute Gasteiger partial charge is 0.305 e. The second-order valence-electron chi connectivity index (χ2n) is 6.11. The lowest BCUT2D eigenvalue weighted by Gasteiger charge is -2.10. The number of carbonyl (C=O) groups is 3. The molecule has 0 aliphatic heterocycles. The van der Waals surface area contributed by atoms with Crippen LogP contribution >= 0.6 is 0 Å². The molecule has 0 saturated carbocycles. The van der Waals surface area contributed by atoms with Crippen LogP contribution in [-0.4, -0.2) is 17.7 Å². The fourth-order valence-corrected chi connectivity index (χ4v) is 2.69. The molecule has 0 fully saturated rings. The molecule has 0 unspecified atom stereocenters. The van der Waals surface area contributed by atoms with Gasteiger partial charge in [-0.15, -0.1) is 0 Å². The monoisotopic (exact) mass is 377 g/mol. The summed E-state index contributed by atoms with van der Waals surface area (Å²) in [7, 11) is 0. The molecule has 2 aromatic carbocycles. The molecule has 0 aliphatic carbocycles. The van der Waals surface area contributed by atoms with E-state index in [1.54, 1.807) is 37.3 Å². The number of benzene rings is 2. The number of fused-ring (bicyclic) bond motifs is 1. The lowest BCUT2D eigenvalue weighted by Crippen LogP contribution is -2.45. The summed E-state index contributed by atoms with van der Waals surface area (Å²) in [4.78, 5) is 36.3. The highest BCUT2D eigenvalue weighted by Gasteiger charge is 2.19. The van der Waals surface area contributed by atoms with Crippen LogP contribution < -0.4 is 16.2 Å². The molecule has 0 saturated heterocycles. The summed E-state index contributed by atoms with van der Waals surface area (Å²) >= 11 is 0. The maximum Gasteiger partial charge on any atom is 0.305 e. The lowest BCUT2D eigenvalue weighted by molar-refractivity contribution is -0.122. The predicted molar refractivity (Wildman–Crippen MR) is 105 cm³/mol. The number of aryl methyl sites for hydroxylation is 1. The van der Waals surface area contributed by atoms with Crippen molar-refractivity contribution in [2.24, 2.45) is 0 Å². The molecule has 7 heteroatoms. The van der Waals surface area contributed by atoms with Crippen molar-refractivity contribution >= 4 is 34.8 Å². The van der Waals surface area contributed by atoms with Crippen LogP contribution in [0, 0.1) is 6.92 Å². The molecule has 3 amide bonds. The molecule has 0 spiro atoms. The summed E-state index contributed by atoms with van der Waals surface area (Å²) in [5.41, 5.74) is 6.59. The summed E-state index contributed by atoms with van der Waals surface area (Å²) in [6.45, 7) is 3.06. The summed E-state index contributed by atoms with van der Waals surface area (Å²) < 4.78 is 5.57. The number of amides is 3. The number of rotatable bonds is 4. The highest BCUT2D eigenvalue weighted by Crippen LogP contribution is 2.24. The van der Waals surface area contributed by atoms with Gasteiger partial charge >= 0.3 is 5.91 Å². The van der Waals surface area contributed by atoms with Gasteiger partial charge < -0.3 is 9.73 Å². The topological polar surface area (TPSA) is 100 Å². The Balaban J connectivity index is 1.74. The molecule has 1 heterocycles. The predicted octanol–water partition coefficient (Wildman–Crippen LogP) is 2.68. The Labute approximate surface area is 161 Å². The highest BCUT2D eigenvalue weighted by atomic mass is 16.3. The van der Waals surface area contributed by atoms with Gasteiger partial charge in [0, 0.05) is 17.9 Å². The number of hydrogen-bond donors (Lipinski definition) is 3. The first-order valence-corrected chi connectivity index (χ1v) is 8.59. The standard InChI is InChI=1S/C21H19N3O4/c1-13-16-10-6-7-11-18(16)28-19(13)21(27)24-23-20(26)17(22-14(2)25)12-15-8-4-3-5-9-15/h3-12H,1-2H3,(H,22,25)(H,23,26)(H,24,27)/b17-12+. The maximum absolute atomic E-state index is 12.4. The molecule has 3 rings (SSSR count). The van der Waals surface area contributed by atoms with E-state index in [9.17, 15) is 14.4 Å². The summed E-state index contributed by atoms with van der Waals surface area (Å²) in [5.74, 6) is -1.56. The molecule has 0 bridgehead atoms. The molecule has 28 heavy (non-hydrogen) atoms. The Morgan fingerprint density at radius 3 is 2.29 bits per heavy atom. The quantitative estimate of drug-likeness (QED) is 0.481. The first-order chi connectivity index (χ1) is 13.5. The van der Waals surface area contributed by atoms with Crippen molar-refractivity contribution in [3.8, 4) is 0 Å². The van der Waals surface area contributed by atoms with E-state index in [4.69, 9.17) is 4.42 Å². The van der Waals surface area contributed by atoms with E-state index in [1.807, 2.05) is 24.3 Å². The van der Waals surface area contributed by atoms with Crippen LogP contribution in [-0.2, 0) is 9.59 Å². The minimum atomic E-state index is -0.666. The van der Waals surface area contributed by atoms with Crippen LogP contribution in [0.25, 0.3) is 17.0 Å². The third-order valence-corrected chi connectivity index (χ3v) is 4.01. The first kappa shape index (κ1) is 18.9. The molecule has 142 valence electrons. The van der Waals surface area contributed by atoms with E-state index in [2.05, 4.69) is 16.2 Å². The van der Waals surface area contributed by atoms with E-state index in [1.165, 1.54) is 13.0 Å². The average molecular weight is 377 g/mol. The molecular formula is C21H19N3O4. The van der Waals surface area contributed by atoms with Crippen LogP contribution in [0.4, 0.5) is 0 Å². The Morgan fingerprint density at radius 2 is 1.61 bits per heavy atom. The van der Waals surface area contributed by atoms with Crippen LogP contribution in [0.1, 0.15) is 28.6 Å². The molecule has 1 aromatic heterocycles. The van der Waals surface area contributed by atoms with Crippen molar-refractivity contribution < 1.29 is 18.8 Å². The first-order valence-electron chi connectivity index (χ1n) is 8.59. The summed E-state index contributed by atoms with van der Waals surface area (Å²) in [6.07, 6.45) is 1.51. The zero-order valence-corrected chi connectivity index (χ0v) is 15.4. The second-order valence-corrected chi connectivity index (χ2v) is 6.11. The van der Waals surface area contributed by atoms with Gasteiger partial charge in [0.05, 0.1) is 0 Å². The lowest BCUT2D eigenvalue weighted by atomic mass is 10.1. The minimum absolute atomic E-state index is 0.000304. The van der Waals surface area contributed by atoms with Crippen molar-refractivity contribution in [3.05, 3.63) is 77.2 Å². The summed E-state index contributed by atoms with van der Waals surface area (Å²) in [6, 6.07) is 16.3. The van der Waals surface area contributed by atoms with Gasteiger partial charge in [-0.1, -0.05) is 48.5 Å². The third-order valence-electron chi connectivity index (χ3n) is 4.01. The van der Waals surface area contributed by atoms with Crippen LogP contribution in [0.5, 0.6) is 0 Å². The van der Waals surface area contributed by atoms with Crippen LogP contribution in [0.2, 0.25) is 0 Å². The van der Waals surface area contributed by atoms with Crippen molar-refractivity contribution in [2.75, 3.05) is 0 Å². The van der Waals surface area contributed by atoms with Gasteiger partial charge in [-0.3, -0.25) is 25.2 Å². The number of hydrazine groups is 1. The van der Waals surface area contributed by atoms with Crippen LogP contribution in [0.3, 0.4) is 0 Å². The van der Waals surface area contributed by atoms with Gasteiger partial charge in [0.25, 0.3) is 5.91 Å². The van der Waals surface area contributed by atoms with Crippen molar-refractivity contribution in [1.29, 1.82) is 0 Å². The molecular weight excluding hydrogens is 358 g/mol. The number of furan rings is 1. The number of para-hydroxylation sites is 1. The molecule has 7 nitrogen and oxygen atoms in total. The van der Waals surface area contributed by atoms with Gasteiger partial charge in [-0.05, 0) is 24.6 Å². The normalized spacial score (nSPS) is 11.1. The number of nitrogens with one attached hydrogen (secondary N) is 3. The average Bonchev–Trinajstić information content (AvgIpc) is 3.03. The Bertz CT molecular complexity index is 1070. The Morgan fingerprint density at radius 1 is 0.929 bits per heavy atom. The van der Waals surface area contributed by atoms with Gasteiger partial charge in [-0.25, -0.2) is 0 Å². The van der Waals surface area contributed by atoms with E-state index < -0.39 is 17.7 Å². The third kappa shape index (κ3) is 4.27. The maximum atomic E-state index is 12.4. The van der Waals surface area contributed by atoms with E-state index >= 15 is 0 Å². The Hall–Kier alpha value is -3.87. The molecule has 0 atom stereocenters. The van der Waals surface area contributed by atoms with Gasteiger partial charge in [0.2, 0.25) is 5.91 Å². The van der Waals surface area contributed by atoms with Crippen molar-refractivity contribution in [3.63, 3.8) is 0 Å². The van der Waals surface area contributed by atoms with Crippen molar-refractivity contribution in [1.82, 2.24) is 16.2 Å². The summed E-state index contributed by atoms with van der Waals surface area (Å²) in [5, 5.41) is 3.28. The largest absolute Gasteiger partial charge is 0.451 e. The van der Waals surface area contributed by atoms with Gasteiger partial charge in [0.1, 0.15) is 11.3 Å². The Kier molecular flexibility index (Phi) is 5.55.